The summed E-state index contributed by atoms with van der Waals surface area (Å²) in [7, 11) is 0. The van der Waals surface area contributed by atoms with Crippen LogP contribution in [-0.2, 0) is 4.74 Å². The molecule has 1 fully saturated rings. The summed E-state index contributed by atoms with van der Waals surface area (Å²) in [5.41, 5.74) is 0.861. The van der Waals surface area contributed by atoms with Crippen molar-refractivity contribution >= 4 is 28.3 Å². The van der Waals surface area contributed by atoms with Gasteiger partial charge in [0.2, 0.25) is 0 Å². The van der Waals surface area contributed by atoms with Crippen molar-refractivity contribution in [3.8, 4) is 0 Å². The minimum atomic E-state index is 0.681. The molecule has 106 valence electrons. The van der Waals surface area contributed by atoms with E-state index in [0.29, 0.717) is 10.9 Å². The zero-order chi connectivity index (χ0) is 13.8. The van der Waals surface area contributed by atoms with Crippen LogP contribution in [0.25, 0.3) is 10.9 Å². The number of ether oxygens (including phenoxy) is 1. The van der Waals surface area contributed by atoms with Crippen molar-refractivity contribution in [1.29, 1.82) is 0 Å². The lowest BCUT2D eigenvalue weighted by Crippen LogP contribution is -2.20. The fraction of sp³-hybridized carbons (Fsp3) is 0.438. The Morgan fingerprint density at radius 2 is 2.25 bits per heavy atom. The van der Waals surface area contributed by atoms with Crippen LogP contribution < -0.4 is 5.32 Å². The Morgan fingerprint density at radius 1 is 1.30 bits per heavy atom. The van der Waals surface area contributed by atoms with Gasteiger partial charge in [-0.15, -0.1) is 0 Å². The molecule has 1 aromatic carbocycles. The van der Waals surface area contributed by atoms with Crippen molar-refractivity contribution in [1.82, 2.24) is 4.98 Å². The molecule has 0 bridgehead atoms. The van der Waals surface area contributed by atoms with Crippen molar-refractivity contribution in [3.63, 3.8) is 0 Å². The number of anilines is 1. The maximum atomic E-state index is 6.18. The van der Waals surface area contributed by atoms with Gasteiger partial charge in [0, 0.05) is 25.1 Å². The number of rotatable bonds is 4. The van der Waals surface area contributed by atoms with Crippen LogP contribution in [0.2, 0.25) is 5.02 Å². The van der Waals surface area contributed by atoms with Crippen LogP contribution in [-0.4, -0.2) is 24.7 Å². The summed E-state index contributed by atoms with van der Waals surface area (Å²) in [6, 6.07) is 9.91. The van der Waals surface area contributed by atoms with Gasteiger partial charge < -0.3 is 10.1 Å². The lowest BCUT2D eigenvalue weighted by atomic mass is 9.99. The third kappa shape index (κ3) is 3.22. The number of pyridine rings is 1. The largest absolute Gasteiger partial charge is 0.381 e. The van der Waals surface area contributed by atoms with E-state index in [4.69, 9.17) is 16.3 Å². The molecule has 1 aliphatic heterocycles. The number of nitrogens with one attached hydrogen (secondary N) is 1. The summed E-state index contributed by atoms with van der Waals surface area (Å²) in [5.74, 6) is 1.57. The van der Waals surface area contributed by atoms with Crippen LogP contribution in [0.3, 0.4) is 0 Å². The van der Waals surface area contributed by atoms with E-state index < -0.39 is 0 Å². The molecule has 0 saturated carbocycles. The fourth-order valence-electron chi connectivity index (χ4n) is 2.65. The van der Waals surface area contributed by atoms with Crippen LogP contribution in [0.15, 0.2) is 30.3 Å². The molecule has 20 heavy (non-hydrogen) atoms. The standard InChI is InChI=1S/C16H19ClN2O/c17-14-5-1-4-13-6-7-15(19-16(13)14)18-9-8-12-3-2-10-20-11-12/h1,4-7,12H,2-3,8-11H2,(H,18,19). The van der Waals surface area contributed by atoms with E-state index in [9.17, 15) is 0 Å². The monoisotopic (exact) mass is 290 g/mol. The Balaban J connectivity index is 1.61. The summed E-state index contributed by atoms with van der Waals surface area (Å²) in [6.07, 6.45) is 3.59. The highest BCUT2D eigenvalue weighted by atomic mass is 35.5. The minimum Gasteiger partial charge on any atom is -0.381 e. The van der Waals surface area contributed by atoms with Gasteiger partial charge in [-0.1, -0.05) is 23.7 Å². The van der Waals surface area contributed by atoms with Gasteiger partial charge in [0.1, 0.15) is 5.82 Å². The van der Waals surface area contributed by atoms with E-state index in [2.05, 4.69) is 16.4 Å². The molecule has 0 amide bonds. The molecule has 1 aliphatic rings. The number of para-hydroxylation sites is 1. The molecular formula is C16H19ClN2O. The van der Waals surface area contributed by atoms with Crippen molar-refractivity contribution in [2.75, 3.05) is 25.1 Å². The van der Waals surface area contributed by atoms with Crippen molar-refractivity contribution in [2.24, 2.45) is 5.92 Å². The van der Waals surface area contributed by atoms with Crippen LogP contribution in [0.1, 0.15) is 19.3 Å². The van der Waals surface area contributed by atoms with Crippen LogP contribution >= 0.6 is 11.6 Å². The van der Waals surface area contributed by atoms with Crippen molar-refractivity contribution in [3.05, 3.63) is 35.4 Å². The average molecular weight is 291 g/mol. The second kappa shape index (κ2) is 6.42. The molecule has 0 radical (unpaired) electrons. The van der Waals surface area contributed by atoms with Crippen molar-refractivity contribution < 1.29 is 4.74 Å². The second-order valence-electron chi connectivity index (χ2n) is 5.31. The first-order valence-corrected chi connectivity index (χ1v) is 7.57. The maximum absolute atomic E-state index is 6.18. The Morgan fingerprint density at radius 3 is 3.10 bits per heavy atom. The summed E-state index contributed by atoms with van der Waals surface area (Å²) >= 11 is 6.18. The molecule has 0 aliphatic carbocycles. The zero-order valence-corrected chi connectivity index (χ0v) is 12.2. The smallest absolute Gasteiger partial charge is 0.126 e. The molecule has 1 aromatic heterocycles. The number of aromatic nitrogens is 1. The SMILES string of the molecule is Clc1cccc2ccc(NCCC3CCCOC3)nc12. The molecule has 4 heteroatoms. The summed E-state index contributed by atoms with van der Waals surface area (Å²) < 4.78 is 5.50. The molecule has 1 N–H and O–H groups in total. The molecule has 1 saturated heterocycles. The number of benzene rings is 1. The zero-order valence-electron chi connectivity index (χ0n) is 11.4. The minimum absolute atomic E-state index is 0.681. The summed E-state index contributed by atoms with van der Waals surface area (Å²) in [4.78, 5) is 4.58. The van der Waals surface area contributed by atoms with Gasteiger partial charge in [-0.05, 0) is 43.4 Å². The van der Waals surface area contributed by atoms with Gasteiger partial charge >= 0.3 is 0 Å². The van der Waals surface area contributed by atoms with Gasteiger partial charge in [-0.25, -0.2) is 4.98 Å². The van der Waals surface area contributed by atoms with Crippen LogP contribution in [0.5, 0.6) is 0 Å². The summed E-state index contributed by atoms with van der Waals surface area (Å²) in [5, 5.41) is 5.16. The normalized spacial score (nSPS) is 19.1. The van der Waals surface area contributed by atoms with E-state index in [1.165, 1.54) is 12.8 Å². The maximum Gasteiger partial charge on any atom is 0.126 e. The topological polar surface area (TPSA) is 34.1 Å². The van der Waals surface area contributed by atoms with Crippen LogP contribution in [0, 0.1) is 5.92 Å². The predicted octanol–water partition coefficient (Wildman–Crippen LogP) is 4.12. The first-order chi connectivity index (χ1) is 9.83. The Kier molecular flexibility index (Phi) is 4.38. The van der Waals surface area contributed by atoms with E-state index in [-0.39, 0.29) is 0 Å². The van der Waals surface area contributed by atoms with Gasteiger partial charge in [0.25, 0.3) is 0 Å². The highest BCUT2D eigenvalue weighted by molar-refractivity contribution is 6.35. The van der Waals surface area contributed by atoms with Gasteiger partial charge in [-0.2, -0.15) is 0 Å². The molecule has 3 nitrogen and oxygen atoms in total. The number of halogens is 1. The average Bonchev–Trinajstić information content (AvgIpc) is 2.49. The first kappa shape index (κ1) is 13.7. The van der Waals surface area contributed by atoms with Crippen molar-refractivity contribution in [2.45, 2.75) is 19.3 Å². The Bertz CT molecular complexity index is 582. The Labute approximate surface area is 124 Å². The van der Waals surface area contributed by atoms with E-state index >= 15 is 0 Å². The van der Waals surface area contributed by atoms with Gasteiger partial charge in [-0.3, -0.25) is 0 Å². The lowest BCUT2D eigenvalue weighted by Gasteiger charge is -2.22. The third-order valence-electron chi connectivity index (χ3n) is 3.78. The Hall–Kier alpha value is -1.32. The number of nitrogens with zero attached hydrogens (tertiary/aromatic N) is 1. The summed E-state index contributed by atoms with van der Waals surface area (Å²) in [6.45, 7) is 2.75. The number of hydrogen-bond acceptors (Lipinski definition) is 3. The first-order valence-electron chi connectivity index (χ1n) is 7.20. The lowest BCUT2D eigenvalue weighted by molar-refractivity contribution is 0.0530. The molecular weight excluding hydrogens is 272 g/mol. The van der Waals surface area contributed by atoms with Gasteiger partial charge in [0.15, 0.2) is 0 Å². The number of hydrogen-bond donors (Lipinski definition) is 1. The van der Waals surface area contributed by atoms with Crippen LogP contribution in [0.4, 0.5) is 5.82 Å². The van der Waals surface area contributed by atoms with E-state index in [1.54, 1.807) is 0 Å². The molecule has 3 rings (SSSR count). The van der Waals surface area contributed by atoms with E-state index in [0.717, 1.165) is 42.9 Å². The molecule has 2 heterocycles. The third-order valence-corrected chi connectivity index (χ3v) is 4.09. The highest BCUT2D eigenvalue weighted by Gasteiger charge is 2.13. The quantitative estimate of drug-likeness (QED) is 0.920. The highest BCUT2D eigenvalue weighted by Crippen LogP contribution is 2.23. The second-order valence-corrected chi connectivity index (χ2v) is 5.71. The van der Waals surface area contributed by atoms with Gasteiger partial charge in [0.05, 0.1) is 10.5 Å². The molecule has 2 aromatic rings. The molecule has 1 atom stereocenters. The van der Waals surface area contributed by atoms with E-state index in [1.807, 2.05) is 24.3 Å². The number of fused-ring (bicyclic) bond motifs is 1. The molecule has 0 spiro atoms. The molecule has 1 unspecified atom stereocenters. The predicted molar refractivity (Wildman–Crippen MR) is 83.4 cm³/mol. The fourth-order valence-corrected chi connectivity index (χ4v) is 2.87.